The van der Waals surface area contributed by atoms with Gasteiger partial charge in [0.1, 0.15) is 5.52 Å². The molecule has 72 valence electrons. The first kappa shape index (κ1) is 8.87. The van der Waals surface area contributed by atoms with E-state index in [0.717, 1.165) is 17.6 Å². The number of nitrogens with zero attached hydrogens (tertiary/aromatic N) is 3. The molecule has 0 atom stereocenters. The van der Waals surface area contributed by atoms with Crippen LogP contribution in [-0.2, 0) is 6.54 Å². The molecule has 2 rings (SSSR count). The van der Waals surface area contributed by atoms with E-state index in [2.05, 4.69) is 9.97 Å². The number of carbonyl (C=O) groups excluding carboxylic acids is 1. The summed E-state index contributed by atoms with van der Waals surface area (Å²) in [4.78, 5) is 19.5. The van der Waals surface area contributed by atoms with Crippen molar-refractivity contribution in [2.24, 2.45) is 0 Å². The van der Waals surface area contributed by atoms with Gasteiger partial charge in [0.15, 0.2) is 11.6 Å². The van der Waals surface area contributed by atoms with Crippen molar-refractivity contribution in [2.75, 3.05) is 0 Å². The third kappa shape index (κ3) is 1.19. The lowest BCUT2D eigenvalue weighted by Crippen LogP contribution is -2.05. The molecule has 2 aromatic heterocycles. The molecule has 0 saturated carbocycles. The minimum Gasteiger partial charge on any atom is -0.322 e. The molecule has 0 spiro atoms. The van der Waals surface area contributed by atoms with Crippen LogP contribution in [0.2, 0.25) is 0 Å². The van der Waals surface area contributed by atoms with Gasteiger partial charge in [-0.05, 0) is 13.0 Å². The maximum Gasteiger partial charge on any atom is 0.195 e. The minimum absolute atomic E-state index is 0.0111. The quantitative estimate of drug-likeness (QED) is 0.675. The molecule has 0 saturated heterocycles. The predicted molar refractivity (Wildman–Crippen MR) is 53.2 cm³/mol. The molecule has 0 aliphatic carbocycles. The summed E-state index contributed by atoms with van der Waals surface area (Å²) >= 11 is 0. The van der Waals surface area contributed by atoms with E-state index < -0.39 is 0 Å². The highest BCUT2D eigenvalue weighted by Crippen LogP contribution is 2.14. The summed E-state index contributed by atoms with van der Waals surface area (Å²) in [5.74, 6) is 0.499. The molecule has 2 aromatic rings. The molecule has 0 fully saturated rings. The number of pyridine rings is 1. The fraction of sp³-hybridized carbons (Fsp3) is 0.300. The Morgan fingerprint density at radius 2 is 2.36 bits per heavy atom. The largest absolute Gasteiger partial charge is 0.322 e. The van der Waals surface area contributed by atoms with Crippen LogP contribution < -0.4 is 0 Å². The number of hydrogen-bond donors (Lipinski definition) is 0. The van der Waals surface area contributed by atoms with Crippen LogP contribution >= 0.6 is 0 Å². The topological polar surface area (TPSA) is 47.8 Å². The molecular formula is C10H11N3O. The monoisotopic (exact) mass is 189 g/mol. The van der Waals surface area contributed by atoms with E-state index in [1.807, 2.05) is 17.6 Å². The summed E-state index contributed by atoms with van der Waals surface area (Å²) in [5.41, 5.74) is 1.74. The zero-order valence-corrected chi connectivity index (χ0v) is 8.19. The summed E-state index contributed by atoms with van der Waals surface area (Å²) in [6.07, 6.45) is 3.38. The van der Waals surface area contributed by atoms with Gasteiger partial charge in [0.05, 0.1) is 11.7 Å². The highest BCUT2D eigenvalue weighted by atomic mass is 16.1. The first-order chi connectivity index (χ1) is 6.74. The molecule has 0 aromatic carbocycles. The molecule has 14 heavy (non-hydrogen) atoms. The Morgan fingerprint density at radius 3 is 3.00 bits per heavy atom. The first-order valence-electron chi connectivity index (χ1n) is 4.55. The second kappa shape index (κ2) is 3.21. The van der Waals surface area contributed by atoms with E-state index in [1.165, 1.54) is 6.92 Å². The molecular weight excluding hydrogens is 178 g/mol. The predicted octanol–water partition coefficient (Wildman–Crippen LogP) is 1.65. The van der Waals surface area contributed by atoms with E-state index in [1.54, 1.807) is 12.4 Å². The third-order valence-electron chi connectivity index (χ3n) is 2.18. The van der Waals surface area contributed by atoms with Gasteiger partial charge in [0.2, 0.25) is 0 Å². The summed E-state index contributed by atoms with van der Waals surface area (Å²) < 4.78 is 1.90. The molecule has 4 nitrogen and oxygen atoms in total. The van der Waals surface area contributed by atoms with Gasteiger partial charge in [-0.15, -0.1) is 0 Å². The summed E-state index contributed by atoms with van der Waals surface area (Å²) in [5, 5.41) is 0. The average Bonchev–Trinajstić information content (AvgIpc) is 2.56. The summed E-state index contributed by atoms with van der Waals surface area (Å²) in [6, 6.07) is 1.87. The fourth-order valence-electron chi connectivity index (χ4n) is 1.57. The molecule has 0 radical (unpaired) electrons. The number of carbonyl (C=O) groups is 1. The minimum atomic E-state index is -0.0111. The van der Waals surface area contributed by atoms with Gasteiger partial charge >= 0.3 is 0 Å². The Bertz CT molecular complexity index is 487. The SMILES string of the molecule is CCn1c(C(C)=O)nc2cnccc21. The van der Waals surface area contributed by atoms with Crippen molar-refractivity contribution in [3.8, 4) is 0 Å². The number of imidazole rings is 1. The number of fused-ring (bicyclic) bond motifs is 1. The van der Waals surface area contributed by atoms with Gasteiger partial charge in [0.25, 0.3) is 0 Å². The highest BCUT2D eigenvalue weighted by Gasteiger charge is 2.12. The van der Waals surface area contributed by atoms with Gasteiger partial charge < -0.3 is 4.57 Å². The van der Waals surface area contributed by atoms with Crippen molar-refractivity contribution in [3.63, 3.8) is 0 Å². The summed E-state index contributed by atoms with van der Waals surface area (Å²) in [7, 11) is 0. The Kier molecular flexibility index (Phi) is 2.04. The van der Waals surface area contributed by atoms with Crippen molar-refractivity contribution in [1.29, 1.82) is 0 Å². The number of aromatic nitrogens is 3. The lowest BCUT2D eigenvalue weighted by molar-refractivity contribution is 0.1000. The van der Waals surface area contributed by atoms with Crippen LogP contribution in [0.3, 0.4) is 0 Å². The van der Waals surface area contributed by atoms with E-state index in [-0.39, 0.29) is 5.78 Å². The van der Waals surface area contributed by atoms with Gasteiger partial charge in [-0.1, -0.05) is 0 Å². The first-order valence-corrected chi connectivity index (χ1v) is 4.55. The zero-order chi connectivity index (χ0) is 10.1. The number of Topliss-reactive ketones (excluding diaryl/α,β-unsaturated/α-hetero) is 1. The second-order valence-electron chi connectivity index (χ2n) is 3.10. The van der Waals surface area contributed by atoms with Crippen LogP contribution in [0.5, 0.6) is 0 Å². The van der Waals surface area contributed by atoms with Crippen molar-refractivity contribution in [2.45, 2.75) is 20.4 Å². The molecule has 0 N–H and O–H groups in total. The van der Waals surface area contributed by atoms with E-state index in [0.29, 0.717) is 5.82 Å². The number of ketones is 1. The van der Waals surface area contributed by atoms with E-state index in [9.17, 15) is 4.79 Å². The van der Waals surface area contributed by atoms with Crippen molar-refractivity contribution >= 4 is 16.8 Å². The van der Waals surface area contributed by atoms with Crippen LogP contribution in [0.15, 0.2) is 18.5 Å². The van der Waals surface area contributed by atoms with Crippen LogP contribution in [0.4, 0.5) is 0 Å². The van der Waals surface area contributed by atoms with Gasteiger partial charge in [-0.3, -0.25) is 9.78 Å². The number of aryl methyl sites for hydroxylation is 1. The molecule has 0 bridgehead atoms. The third-order valence-corrected chi connectivity index (χ3v) is 2.18. The molecule has 0 aliphatic rings. The Morgan fingerprint density at radius 1 is 1.57 bits per heavy atom. The van der Waals surface area contributed by atoms with Crippen LogP contribution in [-0.4, -0.2) is 20.3 Å². The second-order valence-corrected chi connectivity index (χ2v) is 3.10. The van der Waals surface area contributed by atoms with Crippen molar-refractivity contribution in [1.82, 2.24) is 14.5 Å². The standard InChI is InChI=1S/C10H11N3O/c1-3-13-9-4-5-11-6-8(9)12-10(13)7(2)14/h4-6H,3H2,1-2H3. The Hall–Kier alpha value is -1.71. The molecule has 2 heterocycles. The lowest BCUT2D eigenvalue weighted by atomic mass is 10.4. The molecule has 0 amide bonds. The highest BCUT2D eigenvalue weighted by molar-refractivity contribution is 5.94. The maximum atomic E-state index is 11.3. The van der Waals surface area contributed by atoms with Crippen LogP contribution in [0.1, 0.15) is 24.5 Å². The Labute approximate surface area is 81.6 Å². The Balaban J connectivity index is 2.78. The lowest BCUT2D eigenvalue weighted by Gasteiger charge is -2.01. The van der Waals surface area contributed by atoms with Gasteiger partial charge in [0, 0.05) is 19.7 Å². The maximum absolute atomic E-state index is 11.3. The zero-order valence-electron chi connectivity index (χ0n) is 8.19. The smallest absolute Gasteiger partial charge is 0.195 e. The van der Waals surface area contributed by atoms with Crippen LogP contribution in [0.25, 0.3) is 11.0 Å². The molecule has 0 unspecified atom stereocenters. The van der Waals surface area contributed by atoms with Gasteiger partial charge in [-0.2, -0.15) is 0 Å². The van der Waals surface area contributed by atoms with Crippen molar-refractivity contribution in [3.05, 3.63) is 24.3 Å². The normalized spacial score (nSPS) is 10.7. The fourth-order valence-corrected chi connectivity index (χ4v) is 1.57. The van der Waals surface area contributed by atoms with Gasteiger partial charge in [-0.25, -0.2) is 4.98 Å². The number of rotatable bonds is 2. The van der Waals surface area contributed by atoms with E-state index >= 15 is 0 Å². The van der Waals surface area contributed by atoms with E-state index in [4.69, 9.17) is 0 Å². The van der Waals surface area contributed by atoms with Crippen LogP contribution in [0, 0.1) is 0 Å². The molecule has 4 heteroatoms. The van der Waals surface area contributed by atoms with Crippen molar-refractivity contribution < 1.29 is 4.79 Å². The average molecular weight is 189 g/mol. The summed E-state index contributed by atoms with van der Waals surface area (Å²) in [6.45, 7) is 4.27. The molecule has 0 aliphatic heterocycles. The number of hydrogen-bond acceptors (Lipinski definition) is 3.